The van der Waals surface area contributed by atoms with Crippen molar-refractivity contribution < 1.29 is 28.3 Å². The zero-order chi connectivity index (χ0) is 19.4. The van der Waals surface area contributed by atoms with Gasteiger partial charge in [0.1, 0.15) is 18.4 Å². The predicted molar refractivity (Wildman–Crippen MR) is 87.8 cm³/mol. The first-order valence-electron chi connectivity index (χ1n) is 8.03. The number of aliphatic hydroxyl groups excluding tert-OH is 1. The van der Waals surface area contributed by atoms with Crippen LogP contribution in [0.2, 0.25) is 0 Å². The van der Waals surface area contributed by atoms with Crippen molar-refractivity contribution in [2.24, 2.45) is 0 Å². The minimum atomic E-state index is -4.07. The van der Waals surface area contributed by atoms with Crippen LogP contribution in [0.5, 0.6) is 5.75 Å². The Morgan fingerprint density at radius 1 is 1.37 bits per heavy atom. The van der Waals surface area contributed by atoms with E-state index in [1.807, 2.05) is 0 Å². The second-order valence-electron chi connectivity index (χ2n) is 5.85. The van der Waals surface area contributed by atoms with Crippen LogP contribution < -0.4 is 10.2 Å². The molecule has 1 unspecified atom stereocenters. The lowest BCUT2D eigenvalue weighted by atomic mass is 10.0. The maximum absolute atomic E-state index is 12.9. The van der Waals surface area contributed by atoms with Crippen molar-refractivity contribution in [3.63, 3.8) is 0 Å². The van der Waals surface area contributed by atoms with Gasteiger partial charge in [-0.15, -0.1) is 5.10 Å². The number of carbonyl (C=O) groups excluding carboxylic acids is 1. The van der Waals surface area contributed by atoms with E-state index in [1.54, 1.807) is 0 Å². The van der Waals surface area contributed by atoms with Crippen molar-refractivity contribution in [2.45, 2.75) is 36.5 Å². The molecule has 13 heteroatoms. The number of H-pyrrole nitrogens is 1. The maximum Gasteiger partial charge on any atom is 0.264 e. The summed E-state index contributed by atoms with van der Waals surface area (Å²) >= 11 is 0. The number of carbonyl (C=O) groups is 1. The Hall–Kier alpha value is -2.61. The number of aromatic amines is 1. The van der Waals surface area contributed by atoms with E-state index in [0.29, 0.717) is 18.0 Å². The number of hydroxylamine groups is 1. The van der Waals surface area contributed by atoms with Gasteiger partial charge in [-0.2, -0.15) is 4.31 Å². The molecule has 2 aromatic rings. The van der Waals surface area contributed by atoms with E-state index < -0.39 is 28.1 Å². The molecule has 1 aromatic heterocycles. The molecule has 0 saturated carbocycles. The first-order valence-corrected chi connectivity index (χ1v) is 9.47. The predicted octanol–water partition coefficient (Wildman–Crippen LogP) is -1.20. The van der Waals surface area contributed by atoms with Crippen LogP contribution >= 0.6 is 0 Å². The van der Waals surface area contributed by atoms with Gasteiger partial charge in [-0.05, 0) is 47.5 Å². The second-order valence-corrected chi connectivity index (χ2v) is 7.74. The van der Waals surface area contributed by atoms with E-state index in [-0.39, 0.29) is 24.5 Å². The standard InChI is InChI=1S/C14H18N6O6S/c21-11-2-1-7-20(13(11)14(22)17-23)27(24,25)10-5-3-9(4-6-10)26-8-12-15-18-19-16-12/h3-6,11,13,21,23H,1-2,7-8H2,(H,17,22)(H,15,16,18,19)/t11?,13-/m0/s1. The van der Waals surface area contributed by atoms with Crippen molar-refractivity contribution in [2.75, 3.05) is 6.54 Å². The molecule has 1 fully saturated rings. The summed E-state index contributed by atoms with van der Waals surface area (Å²) in [4.78, 5) is 11.8. The minimum absolute atomic E-state index is 0.0498. The molecule has 1 amide bonds. The van der Waals surface area contributed by atoms with Crippen molar-refractivity contribution in [3.05, 3.63) is 30.1 Å². The highest BCUT2D eigenvalue weighted by molar-refractivity contribution is 7.89. The smallest absolute Gasteiger partial charge is 0.264 e. The van der Waals surface area contributed by atoms with Gasteiger partial charge in [0.2, 0.25) is 10.0 Å². The number of ether oxygens (including phenoxy) is 1. The Labute approximate surface area is 154 Å². The number of tetrazole rings is 1. The summed E-state index contributed by atoms with van der Waals surface area (Å²) < 4.78 is 32.1. The maximum atomic E-state index is 12.9. The zero-order valence-corrected chi connectivity index (χ0v) is 14.8. The summed E-state index contributed by atoms with van der Waals surface area (Å²) in [5, 5.41) is 31.9. The third-order valence-electron chi connectivity index (χ3n) is 4.13. The van der Waals surface area contributed by atoms with Crippen LogP contribution in [0, 0.1) is 0 Å². The fourth-order valence-corrected chi connectivity index (χ4v) is 4.48. The van der Waals surface area contributed by atoms with E-state index in [2.05, 4.69) is 20.6 Å². The van der Waals surface area contributed by atoms with Gasteiger partial charge in [0.05, 0.1) is 11.0 Å². The number of nitrogens with zero attached hydrogens (tertiary/aromatic N) is 4. The molecule has 3 rings (SSSR count). The number of hydrogen-bond donors (Lipinski definition) is 4. The monoisotopic (exact) mass is 398 g/mol. The Kier molecular flexibility index (Phi) is 5.65. The fraction of sp³-hybridized carbons (Fsp3) is 0.429. The summed E-state index contributed by atoms with van der Waals surface area (Å²) in [6.07, 6.45) is -0.561. The number of nitrogens with one attached hydrogen (secondary N) is 2. The number of sulfonamides is 1. The SMILES string of the molecule is O=C(NO)[C@@H]1C(O)CCCN1S(=O)(=O)c1ccc(OCc2nnn[nH]2)cc1. The lowest BCUT2D eigenvalue weighted by Gasteiger charge is -2.36. The normalized spacial score (nSPS) is 21.0. The Morgan fingerprint density at radius 2 is 2.11 bits per heavy atom. The Morgan fingerprint density at radius 3 is 2.74 bits per heavy atom. The van der Waals surface area contributed by atoms with Crippen molar-refractivity contribution in [3.8, 4) is 5.75 Å². The molecular weight excluding hydrogens is 380 g/mol. The number of rotatable bonds is 6. The van der Waals surface area contributed by atoms with E-state index in [4.69, 9.17) is 9.94 Å². The molecular formula is C14H18N6O6S. The van der Waals surface area contributed by atoms with Gasteiger partial charge in [-0.25, -0.2) is 19.0 Å². The van der Waals surface area contributed by atoms with Gasteiger partial charge >= 0.3 is 0 Å². The number of hydrogen-bond acceptors (Lipinski definition) is 9. The van der Waals surface area contributed by atoms with Gasteiger partial charge in [0, 0.05) is 6.54 Å². The van der Waals surface area contributed by atoms with Gasteiger partial charge in [0.15, 0.2) is 5.82 Å². The van der Waals surface area contributed by atoms with Crippen LogP contribution in [0.25, 0.3) is 0 Å². The highest BCUT2D eigenvalue weighted by Crippen LogP contribution is 2.27. The molecule has 1 aliphatic rings. The fourth-order valence-electron chi connectivity index (χ4n) is 2.82. The molecule has 1 aromatic carbocycles. The number of aliphatic hydroxyl groups is 1. The van der Waals surface area contributed by atoms with Gasteiger partial charge in [-0.3, -0.25) is 10.0 Å². The first-order chi connectivity index (χ1) is 12.9. The molecule has 0 aliphatic carbocycles. The summed E-state index contributed by atoms with van der Waals surface area (Å²) in [5.74, 6) is -0.174. The average Bonchev–Trinajstić information content (AvgIpc) is 3.19. The van der Waals surface area contributed by atoms with Crippen LogP contribution in [0.4, 0.5) is 0 Å². The molecule has 146 valence electrons. The number of benzene rings is 1. The number of piperidine rings is 1. The van der Waals surface area contributed by atoms with Gasteiger partial charge in [-0.1, -0.05) is 0 Å². The molecule has 4 N–H and O–H groups in total. The first kappa shape index (κ1) is 19.2. The van der Waals surface area contributed by atoms with Gasteiger partial charge < -0.3 is 9.84 Å². The highest BCUT2D eigenvalue weighted by atomic mass is 32.2. The zero-order valence-electron chi connectivity index (χ0n) is 14.0. The number of amides is 1. The van der Waals surface area contributed by atoms with Crippen molar-refractivity contribution >= 4 is 15.9 Å². The largest absolute Gasteiger partial charge is 0.486 e. The van der Waals surface area contributed by atoms with E-state index in [9.17, 15) is 18.3 Å². The molecule has 2 atom stereocenters. The molecule has 27 heavy (non-hydrogen) atoms. The molecule has 0 radical (unpaired) electrons. The van der Waals surface area contributed by atoms with E-state index >= 15 is 0 Å². The molecule has 0 spiro atoms. The average molecular weight is 398 g/mol. The quantitative estimate of drug-likeness (QED) is 0.344. The van der Waals surface area contributed by atoms with Crippen LogP contribution in [0.3, 0.4) is 0 Å². The molecule has 0 bridgehead atoms. The summed E-state index contributed by atoms with van der Waals surface area (Å²) in [5.41, 5.74) is 1.41. The third kappa shape index (κ3) is 4.05. The van der Waals surface area contributed by atoms with Gasteiger partial charge in [0.25, 0.3) is 5.91 Å². The Bertz CT molecular complexity index is 872. The minimum Gasteiger partial charge on any atom is -0.486 e. The molecule has 12 nitrogen and oxygen atoms in total. The van der Waals surface area contributed by atoms with Crippen LogP contribution in [0.1, 0.15) is 18.7 Å². The lowest BCUT2D eigenvalue weighted by Crippen LogP contribution is -2.57. The summed E-state index contributed by atoms with van der Waals surface area (Å²) in [6, 6.07) is 4.18. The highest BCUT2D eigenvalue weighted by Gasteiger charge is 2.42. The molecule has 2 heterocycles. The third-order valence-corrected chi connectivity index (χ3v) is 6.02. The van der Waals surface area contributed by atoms with E-state index in [0.717, 1.165) is 4.31 Å². The second kappa shape index (κ2) is 7.96. The summed E-state index contributed by atoms with van der Waals surface area (Å²) in [7, 11) is -4.07. The topological polar surface area (TPSA) is 171 Å². The lowest BCUT2D eigenvalue weighted by molar-refractivity contribution is -0.138. The Balaban J connectivity index is 1.78. The van der Waals surface area contributed by atoms with E-state index in [1.165, 1.54) is 29.7 Å². The van der Waals surface area contributed by atoms with Crippen molar-refractivity contribution in [1.82, 2.24) is 30.4 Å². The molecule has 1 aliphatic heterocycles. The van der Waals surface area contributed by atoms with Crippen molar-refractivity contribution in [1.29, 1.82) is 0 Å². The number of aromatic nitrogens is 4. The van der Waals surface area contributed by atoms with Crippen LogP contribution in [-0.2, 0) is 21.4 Å². The molecule has 1 saturated heterocycles. The van der Waals surface area contributed by atoms with Crippen LogP contribution in [-0.4, -0.2) is 68.3 Å². The summed E-state index contributed by atoms with van der Waals surface area (Å²) in [6.45, 7) is 0.129. The van der Waals surface area contributed by atoms with Crippen LogP contribution in [0.15, 0.2) is 29.2 Å².